The summed E-state index contributed by atoms with van der Waals surface area (Å²) < 4.78 is 0. The van der Waals surface area contributed by atoms with Crippen molar-refractivity contribution in [2.75, 3.05) is 0 Å². The summed E-state index contributed by atoms with van der Waals surface area (Å²) >= 11 is 0. The van der Waals surface area contributed by atoms with E-state index in [1.165, 1.54) is 0 Å². The summed E-state index contributed by atoms with van der Waals surface area (Å²) in [5.41, 5.74) is 12.4. The van der Waals surface area contributed by atoms with E-state index >= 15 is 0 Å². The van der Waals surface area contributed by atoms with Gasteiger partial charge in [-0.1, -0.05) is 38.5 Å². The number of carboxylic acids is 2. The highest BCUT2D eigenvalue weighted by atomic mass is 16.4. The molecule has 0 aliphatic rings. The molecule has 0 spiro atoms. The number of carbonyl (C=O) groups is 6. The van der Waals surface area contributed by atoms with E-state index in [-0.39, 0.29) is 19.3 Å². The molecule has 5 atom stereocenters. The predicted octanol–water partition coefficient (Wildman–Crippen LogP) is -0.637. The number of amides is 4. The highest BCUT2D eigenvalue weighted by molar-refractivity contribution is 5.96. The molecule has 0 saturated heterocycles. The Morgan fingerprint density at radius 2 is 1.60 bits per heavy atom. The molecule has 1 aromatic heterocycles. The number of aromatic amines is 1. The van der Waals surface area contributed by atoms with Crippen molar-refractivity contribution in [3.05, 3.63) is 36.0 Å². The summed E-state index contributed by atoms with van der Waals surface area (Å²) in [6, 6.07) is 2.00. The van der Waals surface area contributed by atoms with Crippen molar-refractivity contribution in [1.29, 1.82) is 0 Å². The largest absolute Gasteiger partial charge is 0.481 e. The van der Waals surface area contributed by atoms with E-state index in [4.69, 9.17) is 16.6 Å². The van der Waals surface area contributed by atoms with Crippen molar-refractivity contribution in [3.63, 3.8) is 0 Å². The molecule has 0 fully saturated rings. The maximum Gasteiger partial charge on any atom is 0.326 e. The van der Waals surface area contributed by atoms with Crippen LogP contribution in [0.1, 0.15) is 45.1 Å². The van der Waals surface area contributed by atoms with Gasteiger partial charge >= 0.3 is 11.9 Å². The Kier molecular flexibility index (Phi) is 11.6. The summed E-state index contributed by atoms with van der Waals surface area (Å²) in [4.78, 5) is 76.2. The molecule has 4 amide bonds. The maximum atomic E-state index is 13.3. The molecule has 0 aliphatic carbocycles. The number of hydrogen-bond donors (Lipinski definition) is 8. The van der Waals surface area contributed by atoms with Gasteiger partial charge in [0.1, 0.15) is 18.1 Å². The first-order valence-corrected chi connectivity index (χ1v) is 12.8. The molecule has 1 heterocycles. The topological polar surface area (TPSA) is 247 Å². The Labute approximate surface area is 230 Å². The second-order valence-electron chi connectivity index (χ2n) is 9.61. The molecule has 14 nitrogen and oxygen atoms in total. The van der Waals surface area contributed by atoms with E-state index < -0.39 is 72.1 Å². The van der Waals surface area contributed by atoms with Gasteiger partial charge in [-0.15, -0.1) is 0 Å². The fourth-order valence-corrected chi connectivity index (χ4v) is 4.04. The first-order chi connectivity index (χ1) is 18.8. The van der Waals surface area contributed by atoms with Crippen LogP contribution in [0.5, 0.6) is 0 Å². The van der Waals surface area contributed by atoms with E-state index in [1.54, 1.807) is 20.0 Å². The SMILES string of the molecule is CCC(C)C(NC(=O)C(CC(N)=O)NC(=O)C(N)CCC(=O)O)C(=O)NC(Cc1c[nH]c2ccccc12)C(=O)O. The van der Waals surface area contributed by atoms with Crippen molar-refractivity contribution in [1.82, 2.24) is 20.9 Å². The number of hydrogen-bond acceptors (Lipinski definition) is 7. The van der Waals surface area contributed by atoms with Gasteiger partial charge in [0.15, 0.2) is 0 Å². The number of fused-ring (bicyclic) bond motifs is 1. The summed E-state index contributed by atoms with van der Waals surface area (Å²) in [6.07, 6.45) is 0.847. The third-order valence-electron chi connectivity index (χ3n) is 6.55. The van der Waals surface area contributed by atoms with Gasteiger partial charge in [0, 0.05) is 29.9 Å². The fraction of sp³-hybridized carbons (Fsp3) is 0.462. The van der Waals surface area contributed by atoms with Crippen LogP contribution in [0.3, 0.4) is 0 Å². The lowest BCUT2D eigenvalue weighted by Crippen LogP contribution is -2.59. The van der Waals surface area contributed by atoms with Crippen LogP contribution in [0.15, 0.2) is 30.5 Å². The minimum absolute atomic E-state index is 0.0269. The van der Waals surface area contributed by atoms with Crippen molar-refractivity contribution in [2.24, 2.45) is 17.4 Å². The molecule has 5 unspecified atom stereocenters. The molecular weight excluding hydrogens is 524 g/mol. The predicted molar refractivity (Wildman–Crippen MR) is 144 cm³/mol. The summed E-state index contributed by atoms with van der Waals surface area (Å²) in [5.74, 6) is -6.39. The zero-order chi connectivity index (χ0) is 30.0. The van der Waals surface area contributed by atoms with Crippen LogP contribution in [0, 0.1) is 5.92 Å². The number of carbonyl (C=O) groups excluding carboxylic acids is 4. The van der Waals surface area contributed by atoms with Gasteiger partial charge < -0.3 is 42.6 Å². The molecule has 40 heavy (non-hydrogen) atoms. The van der Waals surface area contributed by atoms with Gasteiger partial charge in [-0.05, 0) is 24.0 Å². The number of aliphatic carboxylic acids is 2. The van der Waals surface area contributed by atoms with Crippen LogP contribution < -0.4 is 27.4 Å². The fourth-order valence-electron chi connectivity index (χ4n) is 4.04. The molecule has 0 saturated carbocycles. The number of carboxylic acid groups (broad SMARTS) is 2. The lowest BCUT2D eigenvalue weighted by Gasteiger charge is -2.28. The van der Waals surface area contributed by atoms with Crippen LogP contribution >= 0.6 is 0 Å². The van der Waals surface area contributed by atoms with Gasteiger partial charge in [-0.2, -0.15) is 0 Å². The standard InChI is InChI=1S/C26H36N6O8/c1-3-13(2)22(32-24(37)18(11-20(28)33)30-23(36)16(27)8-9-21(34)35)25(38)31-19(26(39)40)10-14-12-29-17-7-5-4-6-15(14)17/h4-7,12-13,16,18-19,22,29H,3,8-11,27H2,1-2H3,(H2,28,33)(H,30,36)(H,31,38)(H,32,37)(H,34,35)(H,39,40). The molecule has 2 rings (SSSR count). The maximum absolute atomic E-state index is 13.3. The molecule has 10 N–H and O–H groups in total. The molecule has 218 valence electrons. The van der Waals surface area contributed by atoms with E-state index in [2.05, 4.69) is 20.9 Å². The van der Waals surface area contributed by atoms with Crippen molar-refractivity contribution in [2.45, 2.75) is 70.1 Å². The van der Waals surface area contributed by atoms with E-state index in [0.717, 1.165) is 10.9 Å². The van der Waals surface area contributed by atoms with Crippen LogP contribution in [0.25, 0.3) is 10.9 Å². The Morgan fingerprint density at radius 3 is 2.20 bits per heavy atom. The van der Waals surface area contributed by atoms with E-state index in [9.17, 15) is 33.9 Å². The molecule has 0 aliphatic heterocycles. The number of aromatic nitrogens is 1. The van der Waals surface area contributed by atoms with Crippen LogP contribution in [-0.2, 0) is 35.2 Å². The number of nitrogens with one attached hydrogen (secondary N) is 4. The average molecular weight is 561 g/mol. The first kappa shape index (κ1) is 31.8. The van der Waals surface area contributed by atoms with Crippen molar-refractivity contribution >= 4 is 46.5 Å². The van der Waals surface area contributed by atoms with Gasteiger partial charge in [0.25, 0.3) is 0 Å². The first-order valence-electron chi connectivity index (χ1n) is 12.8. The van der Waals surface area contributed by atoms with Gasteiger partial charge in [0.2, 0.25) is 23.6 Å². The number of primary amides is 1. The Balaban J connectivity index is 2.18. The van der Waals surface area contributed by atoms with Crippen LogP contribution in [0.2, 0.25) is 0 Å². The molecule has 2 aromatic rings. The Hall–Kier alpha value is -4.46. The molecule has 0 bridgehead atoms. The van der Waals surface area contributed by atoms with Crippen molar-refractivity contribution in [3.8, 4) is 0 Å². The lowest BCUT2D eigenvalue weighted by molar-refractivity contribution is -0.142. The second kappa shape index (κ2) is 14.6. The molecule has 0 radical (unpaired) electrons. The minimum atomic E-state index is -1.50. The number of benzene rings is 1. The highest BCUT2D eigenvalue weighted by Crippen LogP contribution is 2.19. The van der Waals surface area contributed by atoms with Crippen molar-refractivity contribution < 1.29 is 39.0 Å². The number of para-hydroxylation sites is 1. The molecular formula is C26H36N6O8. The third kappa shape index (κ3) is 9.08. The second-order valence-corrected chi connectivity index (χ2v) is 9.61. The smallest absolute Gasteiger partial charge is 0.326 e. The minimum Gasteiger partial charge on any atom is -0.481 e. The Morgan fingerprint density at radius 1 is 0.950 bits per heavy atom. The van der Waals surface area contributed by atoms with Gasteiger partial charge in [-0.3, -0.25) is 24.0 Å². The third-order valence-corrected chi connectivity index (χ3v) is 6.55. The number of H-pyrrole nitrogens is 1. The van der Waals surface area contributed by atoms with Gasteiger partial charge in [-0.25, -0.2) is 4.79 Å². The summed E-state index contributed by atoms with van der Waals surface area (Å²) in [6.45, 7) is 3.44. The quantitative estimate of drug-likeness (QED) is 0.130. The highest BCUT2D eigenvalue weighted by Gasteiger charge is 2.33. The van der Waals surface area contributed by atoms with Crippen LogP contribution in [-0.4, -0.2) is 74.9 Å². The zero-order valence-corrected chi connectivity index (χ0v) is 22.3. The summed E-state index contributed by atoms with van der Waals surface area (Å²) in [7, 11) is 0. The average Bonchev–Trinajstić information content (AvgIpc) is 3.31. The van der Waals surface area contributed by atoms with Gasteiger partial charge in [0.05, 0.1) is 12.5 Å². The number of rotatable bonds is 16. The molecule has 14 heteroatoms. The summed E-state index contributed by atoms with van der Waals surface area (Å²) in [5, 5.41) is 26.7. The normalized spacial score (nSPS) is 14.8. The Bertz CT molecular complexity index is 1240. The number of nitrogens with two attached hydrogens (primary N) is 2. The zero-order valence-electron chi connectivity index (χ0n) is 22.3. The van der Waals surface area contributed by atoms with E-state index in [0.29, 0.717) is 12.0 Å². The molecule has 1 aromatic carbocycles. The van der Waals surface area contributed by atoms with E-state index in [1.807, 2.05) is 24.3 Å². The monoisotopic (exact) mass is 560 g/mol. The van der Waals surface area contributed by atoms with Crippen LogP contribution in [0.4, 0.5) is 0 Å². The lowest BCUT2D eigenvalue weighted by atomic mass is 9.96.